The number of carbonyl (C=O) groups excluding carboxylic acids is 1. The van der Waals surface area contributed by atoms with E-state index < -0.39 is 0 Å². The zero-order valence-electron chi connectivity index (χ0n) is 8.95. The molecular formula is C13H10Cl2O2. The van der Waals surface area contributed by atoms with Crippen LogP contribution in [-0.4, -0.2) is 5.78 Å². The van der Waals surface area contributed by atoms with Gasteiger partial charge in [-0.1, -0.05) is 29.3 Å². The lowest BCUT2D eigenvalue weighted by molar-refractivity contribution is 0.0981. The number of carbonyl (C=O) groups is 1. The van der Waals surface area contributed by atoms with Crippen molar-refractivity contribution in [3.8, 4) is 0 Å². The van der Waals surface area contributed by atoms with Crippen LogP contribution in [0.2, 0.25) is 10.0 Å². The van der Waals surface area contributed by atoms with Crippen molar-refractivity contribution in [1.82, 2.24) is 0 Å². The molecule has 0 bridgehead atoms. The fraction of sp³-hybridized carbons (Fsp3) is 0.154. The van der Waals surface area contributed by atoms with Gasteiger partial charge in [0.2, 0.25) is 0 Å². The van der Waals surface area contributed by atoms with Crippen molar-refractivity contribution in [3.63, 3.8) is 0 Å². The van der Waals surface area contributed by atoms with Crippen LogP contribution >= 0.6 is 23.2 Å². The molecule has 1 aromatic carbocycles. The Morgan fingerprint density at radius 3 is 2.71 bits per heavy atom. The van der Waals surface area contributed by atoms with E-state index in [1.165, 1.54) is 0 Å². The Bertz CT molecular complexity index is 518. The molecule has 1 aromatic heterocycles. The number of aryl methyl sites for hydroxylation is 1. The van der Waals surface area contributed by atoms with Crippen LogP contribution in [0.15, 0.2) is 41.0 Å². The Morgan fingerprint density at radius 2 is 2.00 bits per heavy atom. The number of hydrogen-bond donors (Lipinski definition) is 0. The fourth-order valence-corrected chi connectivity index (χ4v) is 1.95. The van der Waals surface area contributed by atoms with Crippen LogP contribution in [-0.2, 0) is 6.42 Å². The molecule has 0 atom stereocenters. The van der Waals surface area contributed by atoms with Crippen LogP contribution in [0.4, 0.5) is 0 Å². The fourth-order valence-electron chi connectivity index (χ4n) is 1.55. The summed E-state index contributed by atoms with van der Waals surface area (Å²) in [6, 6.07) is 8.69. The van der Waals surface area contributed by atoms with Crippen molar-refractivity contribution in [2.24, 2.45) is 0 Å². The third kappa shape index (κ3) is 2.90. The highest BCUT2D eigenvalue weighted by Gasteiger charge is 2.12. The molecule has 0 N–H and O–H groups in total. The minimum absolute atomic E-state index is 0.0334. The van der Waals surface area contributed by atoms with Gasteiger partial charge < -0.3 is 4.42 Å². The molecule has 0 saturated heterocycles. The van der Waals surface area contributed by atoms with Gasteiger partial charge in [-0.3, -0.25) is 4.79 Å². The van der Waals surface area contributed by atoms with Crippen LogP contribution in [0.1, 0.15) is 22.5 Å². The standard InChI is InChI=1S/C13H10Cl2O2/c14-11-5-1-4-10(13(11)15)12(16)7-6-9-3-2-8-17-9/h1-5,8H,6-7H2. The number of rotatable bonds is 4. The molecule has 0 amide bonds. The number of ketones is 1. The highest BCUT2D eigenvalue weighted by atomic mass is 35.5. The summed E-state index contributed by atoms with van der Waals surface area (Å²) in [5.41, 5.74) is 0.464. The van der Waals surface area contributed by atoms with Crippen LogP contribution in [0.25, 0.3) is 0 Å². The molecule has 2 nitrogen and oxygen atoms in total. The van der Waals surface area contributed by atoms with E-state index in [0.717, 1.165) is 5.76 Å². The molecule has 0 aliphatic rings. The number of benzene rings is 1. The van der Waals surface area contributed by atoms with Gasteiger partial charge in [-0.25, -0.2) is 0 Å². The van der Waals surface area contributed by atoms with Crippen molar-refractivity contribution >= 4 is 29.0 Å². The summed E-state index contributed by atoms with van der Waals surface area (Å²) >= 11 is 11.8. The predicted octanol–water partition coefficient (Wildman–Crippen LogP) is 4.40. The summed E-state index contributed by atoms with van der Waals surface area (Å²) in [6.07, 6.45) is 2.51. The van der Waals surface area contributed by atoms with E-state index in [1.54, 1.807) is 30.5 Å². The first-order valence-corrected chi connectivity index (χ1v) is 5.93. The molecule has 0 aliphatic carbocycles. The van der Waals surface area contributed by atoms with Crippen molar-refractivity contribution in [3.05, 3.63) is 58.0 Å². The van der Waals surface area contributed by atoms with Crippen LogP contribution in [0.5, 0.6) is 0 Å². The SMILES string of the molecule is O=C(CCc1ccco1)c1cccc(Cl)c1Cl. The summed E-state index contributed by atoms with van der Waals surface area (Å²) < 4.78 is 5.16. The highest BCUT2D eigenvalue weighted by Crippen LogP contribution is 2.26. The Morgan fingerprint density at radius 1 is 1.18 bits per heavy atom. The average Bonchev–Trinajstić information content (AvgIpc) is 2.82. The maximum absolute atomic E-state index is 11.9. The molecule has 0 radical (unpaired) electrons. The first-order valence-electron chi connectivity index (χ1n) is 5.18. The molecule has 88 valence electrons. The molecule has 2 rings (SSSR count). The van der Waals surface area contributed by atoms with Crippen molar-refractivity contribution in [2.45, 2.75) is 12.8 Å². The lowest BCUT2D eigenvalue weighted by Gasteiger charge is -2.03. The first kappa shape index (κ1) is 12.2. The van der Waals surface area contributed by atoms with Gasteiger partial charge in [-0.2, -0.15) is 0 Å². The summed E-state index contributed by atoms with van der Waals surface area (Å²) in [5, 5.41) is 0.717. The van der Waals surface area contributed by atoms with Crippen LogP contribution in [0.3, 0.4) is 0 Å². The van der Waals surface area contributed by atoms with Gasteiger partial charge in [-0.15, -0.1) is 0 Å². The van der Waals surface area contributed by atoms with E-state index in [0.29, 0.717) is 28.5 Å². The minimum Gasteiger partial charge on any atom is -0.469 e. The topological polar surface area (TPSA) is 30.2 Å². The van der Waals surface area contributed by atoms with E-state index in [1.807, 2.05) is 6.07 Å². The Balaban J connectivity index is 2.07. The van der Waals surface area contributed by atoms with Gasteiger partial charge in [0, 0.05) is 18.4 Å². The van der Waals surface area contributed by atoms with E-state index in [2.05, 4.69) is 0 Å². The smallest absolute Gasteiger partial charge is 0.164 e. The van der Waals surface area contributed by atoms with Gasteiger partial charge in [0.25, 0.3) is 0 Å². The Kier molecular flexibility index (Phi) is 3.87. The monoisotopic (exact) mass is 268 g/mol. The van der Waals surface area contributed by atoms with E-state index in [-0.39, 0.29) is 5.78 Å². The van der Waals surface area contributed by atoms with Gasteiger partial charge >= 0.3 is 0 Å². The molecule has 1 heterocycles. The molecular weight excluding hydrogens is 259 g/mol. The quantitative estimate of drug-likeness (QED) is 0.770. The van der Waals surface area contributed by atoms with Crippen LogP contribution < -0.4 is 0 Å². The molecule has 2 aromatic rings. The zero-order chi connectivity index (χ0) is 12.3. The highest BCUT2D eigenvalue weighted by molar-refractivity contribution is 6.43. The second-order valence-electron chi connectivity index (χ2n) is 3.60. The maximum Gasteiger partial charge on any atom is 0.164 e. The number of Topliss-reactive ketones (excluding diaryl/α,β-unsaturated/α-hetero) is 1. The summed E-state index contributed by atoms with van der Waals surface area (Å²) in [6.45, 7) is 0. The minimum atomic E-state index is -0.0334. The van der Waals surface area contributed by atoms with Crippen molar-refractivity contribution in [1.29, 1.82) is 0 Å². The lowest BCUT2D eigenvalue weighted by Crippen LogP contribution is -2.01. The van der Waals surface area contributed by atoms with Gasteiger partial charge in [0.05, 0.1) is 16.3 Å². The second kappa shape index (κ2) is 5.39. The molecule has 0 unspecified atom stereocenters. The van der Waals surface area contributed by atoms with Gasteiger partial charge in [-0.05, 0) is 24.3 Å². The largest absolute Gasteiger partial charge is 0.469 e. The van der Waals surface area contributed by atoms with E-state index >= 15 is 0 Å². The summed E-state index contributed by atoms with van der Waals surface area (Å²) in [7, 11) is 0. The summed E-state index contributed by atoms with van der Waals surface area (Å²) in [4.78, 5) is 11.9. The Hall–Kier alpha value is -1.25. The van der Waals surface area contributed by atoms with E-state index in [9.17, 15) is 4.79 Å². The Labute approximate surface area is 109 Å². The van der Waals surface area contributed by atoms with E-state index in [4.69, 9.17) is 27.6 Å². The van der Waals surface area contributed by atoms with Crippen molar-refractivity contribution < 1.29 is 9.21 Å². The molecule has 0 aliphatic heterocycles. The number of furan rings is 1. The normalized spacial score (nSPS) is 10.5. The second-order valence-corrected chi connectivity index (χ2v) is 4.39. The molecule has 4 heteroatoms. The predicted molar refractivity (Wildman–Crippen MR) is 67.8 cm³/mol. The molecule has 17 heavy (non-hydrogen) atoms. The third-order valence-electron chi connectivity index (χ3n) is 2.43. The third-order valence-corrected chi connectivity index (χ3v) is 3.25. The average molecular weight is 269 g/mol. The summed E-state index contributed by atoms with van der Waals surface area (Å²) in [5.74, 6) is 0.755. The van der Waals surface area contributed by atoms with Gasteiger partial charge in [0.15, 0.2) is 5.78 Å². The molecule has 0 saturated carbocycles. The van der Waals surface area contributed by atoms with Crippen molar-refractivity contribution in [2.75, 3.05) is 0 Å². The lowest BCUT2D eigenvalue weighted by atomic mass is 10.1. The van der Waals surface area contributed by atoms with Crippen LogP contribution in [0, 0.1) is 0 Å². The molecule has 0 spiro atoms. The maximum atomic E-state index is 11.9. The number of hydrogen-bond acceptors (Lipinski definition) is 2. The first-order chi connectivity index (χ1) is 8.18. The molecule has 0 fully saturated rings. The number of halogens is 2. The van der Waals surface area contributed by atoms with Gasteiger partial charge in [0.1, 0.15) is 5.76 Å². The zero-order valence-corrected chi connectivity index (χ0v) is 10.5.